The molecule has 2 aromatic carbocycles. The maximum absolute atomic E-state index is 12.9. The highest BCUT2D eigenvalue weighted by Crippen LogP contribution is 2.37. The van der Waals surface area contributed by atoms with Gasteiger partial charge in [0.05, 0.1) is 5.69 Å². The van der Waals surface area contributed by atoms with E-state index in [9.17, 15) is 14.7 Å². The lowest BCUT2D eigenvalue weighted by molar-refractivity contribution is -0.138. The largest absolute Gasteiger partial charge is 0.481 e. The average molecular weight is 333 g/mol. The molecule has 0 saturated carbocycles. The van der Waals surface area contributed by atoms with Gasteiger partial charge in [-0.05, 0) is 17.7 Å². The van der Waals surface area contributed by atoms with Gasteiger partial charge in [-0.1, -0.05) is 48.5 Å². The van der Waals surface area contributed by atoms with Crippen molar-refractivity contribution in [1.82, 2.24) is 10.2 Å². The quantitative estimate of drug-likeness (QED) is 0.771. The number of H-pyrrole nitrogens is 1. The molecule has 0 saturated heterocycles. The van der Waals surface area contributed by atoms with Crippen LogP contribution < -0.4 is 4.90 Å². The molecule has 1 atom stereocenters. The standard InChI is InChI=1S/C19H15N3O3/c23-18(16-10-15(20-21-16)12-6-2-1-3-7-12)22-11-14(19(24)25)13-8-4-5-9-17(13)22/h1-10,14H,11H2,(H,20,21)(H,24,25)/t14-/m0/s1. The van der Waals surface area contributed by atoms with Crippen LogP contribution in [-0.4, -0.2) is 33.7 Å². The van der Waals surface area contributed by atoms with E-state index >= 15 is 0 Å². The first-order valence-corrected chi connectivity index (χ1v) is 7.89. The van der Waals surface area contributed by atoms with Crippen molar-refractivity contribution in [2.75, 3.05) is 11.4 Å². The Morgan fingerprint density at radius 1 is 1.08 bits per heavy atom. The number of benzene rings is 2. The zero-order valence-electron chi connectivity index (χ0n) is 13.2. The smallest absolute Gasteiger partial charge is 0.312 e. The van der Waals surface area contributed by atoms with Crippen LogP contribution in [0.4, 0.5) is 5.69 Å². The van der Waals surface area contributed by atoms with Gasteiger partial charge in [0.1, 0.15) is 11.6 Å². The summed E-state index contributed by atoms with van der Waals surface area (Å²) in [5, 5.41) is 16.4. The van der Waals surface area contributed by atoms with Crippen LogP contribution in [-0.2, 0) is 4.79 Å². The predicted molar refractivity (Wildman–Crippen MR) is 92.5 cm³/mol. The Bertz CT molecular complexity index is 949. The van der Waals surface area contributed by atoms with E-state index in [4.69, 9.17) is 0 Å². The van der Waals surface area contributed by atoms with Crippen LogP contribution in [0.15, 0.2) is 60.7 Å². The fourth-order valence-electron chi connectivity index (χ4n) is 3.14. The zero-order valence-corrected chi connectivity index (χ0v) is 13.2. The molecule has 2 N–H and O–H groups in total. The van der Waals surface area contributed by atoms with Gasteiger partial charge in [-0.3, -0.25) is 14.7 Å². The molecule has 6 nitrogen and oxygen atoms in total. The summed E-state index contributed by atoms with van der Waals surface area (Å²) in [6, 6.07) is 18.3. The SMILES string of the molecule is O=C(O)[C@H]1CN(C(=O)c2cc(-c3ccccc3)n[nH]2)c2ccccc21. The first kappa shape index (κ1) is 15.1. The number of amides is 1. The van der Waals surface area contributed by atoms with Crippen molar-refractivity contribution in [3.05, 3.63) is 71.9 Å². The summed E-state index contributed by atoms with van der Waals surface area (Å²) in [6.07, 6.45) is 0. The number of carboxylic acid groups (broad SMARTS) is 1. The fraction of sp³-hybridized carbons (Fsp3) is 0.105. The van der Waals surface area contributed by atoms with Gasteiger partial charge in [0.15, 0.2) is 0 Å². The second-order valence-corrected chi connectivity index (χ2v) is 5.90. The highest BCUT2D eigenvalue weighted by atomic mass is 16.4. The number of fused-ring (bicyclic) bond motifs is 1. The lowest BCUT2D eigenvalue weighted by atomic mass is 10.0. The molecule has 25 heavy (non-hydrogen) atoms. The molecule has 6 heteroatoms. The number of hydrogen-bond donors (Lipinski definition) is 2. The van der Waals surface area contributed by atoms with Gasteiger partial charge in [-0.25, -0.2) is 0 Å². The predicted octanol–water partition coefficient (Wildman–Crippen LogP) is 2.91. The van der Waals surface area contributed by atoms with Gasteiger partial charge >= 0.3 is 5.97 Å². The minimum absolute atomic E-state index is 0.118. The van der Waals surface area contributed by atoms with Crippen LogP contribution in [0.1, 0.15) is 22.0 Å². The number of rotatable bonds is 3. The number of aromatic amines is 1. The van der Waals surface area contributed by atoms with Gasteiger partial charge in [0.2, 0.25) is 0 Å². The molecule has 0 bridgehead atoms. The van der Waals surface area contributed by atoms with Crippen molar-refractivity contribution < 1.29 is 14.7 Å². The van der Waals surface area contributed by atoms with Crippen LogP contribution in [0.25, 0.3) is 11.3 Å². The second kappa shape index (κ2) is 5.90. The lowest BCUT2D eigenvalue weighted by Crippen LogP contribution is -2.31. The Hall–Kier alpha value is -3.41. The molecule has 0 aliphatic carbocycles. The fourth-order valence-corrected chi connectivity index (χ4v) is 3.14. The summed E-state index contributed by atoms with van der Waals surface area (Å²) in [4.78, 5) is 25.9. The molecule has 3 aromatic rings. The summed E-state index contributed by atoms with van der Waals surface area (Å²) in [5.74, 6) is -1.93. The molecule has 124 valence electrons. The molecule has 1 aliphatic rings. The van der Waals surface area contributed by atoms with Crippen molar-refractivity contribution >= 4 is 17.6 Å². The van der Waals surface area contributed by atoms with E-state index in [1.165, 1.54) is 4.90 Å². The van der Waals surface area contributed by atoms with E-state index in [0.717, 1.165) is 5.56 Å². The van der Waals surface area contributed by atoms with Gasteiger partial charge < -0.3 is 10.0 Å². The Morgan fingerprint density at radius 3 is 2.56 bits per heavy atom. The number of carbonyl (C=O) groups is 2. The lowest BCUT2D eigenvalue weighted by Gasteiger charge is -2.16. The maximum atomic E-state index is 12.9. The molecule has 0 spiro atoms. The molecule has 1 aliphatic heterocycles. The number of nitrogens with one attached hydrogen (secondary N) is 1. The Morgan fingerprint density at radius 2 is 1.80 bits per heavy atom. The van der Waals surface area contributed by atoms with E-state index < -0.39 is 11.9 Å². The number of aromatic nitrogens is 2. The Balaban J connectivity index is 1.66. The van der Waals surface area contributed by atoms with Crippen molar-refractivity contribution in [1.29, 1.82) is 0 Å². The summed E-state index contributed by atoms with van der Waals surface area (Å²) < 4.78 is 0. The summed E-state index contributed by atoms with van der Waals surface area (Å²) in [7, 11) is 0. The van der Waals surface area contributed by atoms with E-state index in [2.05, 4.69) is 10.2 Å². The van der Waals surface area contributed by atoms with E-state index in [-0.39, 0.29) is 12.5 Å². The monoisotopic (exact) mass is 333 g/mol. The number of hydrogen-bond acceptors (Lipinski definition) is 3. The van der Waals surface area contributed by atoms with Crippen LogP contribution in [0, 0.1) is 0 Å². The van der Waals surface area contributed by atoms with E-state index in [1.807, 2.05) is 30.3 Å². The van der Waals surface area contributed by atoms with Crippen molar-refractivity contribution in [3.8, 4) is 11.3 Å². The highest BCUT2D eigenvalue weighted by Gasteiger charge is 2.37. The van der Waals surface area contributed by atoms with Crippen LogP contribution in [0.2, 0.25) is 0 Å². The number of nitrogens with zero attached hydrogens (tertiary/aromatic N) is 2. The highest BCUT2D eigenvalue weighted by molar-refractivity contribution is 6.08. The third-order valence-electron chi connectivity index (χ3n) is 4.39. The third kappa shape index (κ3) is 2.57. The van der Waals surface area contributed by atoms with Gasteiger partial charge in [-0.2, -0.15) is 5.10 Å². The molecular formula is C19H15N3O3. The van der Waals surface area contributed by atoms with Crippen LogP contribution >= 0.6 is 0 Å². The molecule has 0 fully saturated rings. The van der Waals surface area contributed by atoms with Crippen LogP contribution in [0.5, 0.6) is 0 Å². The summed E-state index contributed by atoms with van der Waals surface area (Å²) in [6.45, 7) is 0.118. The molecule has 1 amide bonds. The average Bonchev–Trinajstić information content (AvgIpc) is 3.27. The second-order valence-electron chi connectivity index (χ2n) is 5.90. The Kier molecular flexibility index (Phi) is 3.57. The van der Waals surface area contributed by atoms with Gasteiger partial charge in [0, 0.05) is 17.8 Å². The number of carbonyl (C=O) groups excluding carboxylic acids is 1. The topological polar surface area (TPSA) is 86.3 Å². The number of aliphatic carboxylic acids is 1. The molecular weight excluding hydrogens is 318 g/mol. The van der Waals surface area contributed by atoms with Crippen molar-refractivity contribution in [2.24, 2.45) is 0 Å². The first-order chi connectivity index (χ1) is 12.1. The van der Waals surface area contributed by atoms with Gasteiger partial charge in [-0.15, -0.1) is 0 Å². The first-order valence-electron chi connectivity index (χ1n) is 7.89. The third-order valence-corrected chi connectivity index (χ3v) is 4.39. The Labute approximate surface area is 143 Å². The zero-order chi connectivity index (χ0) is 17.4. The number of anilines is 1. The maximum Gasteiger partial charge on any atom is 0.312 e. The number of para-hydroxylation sites is 1. The molecule has 2 heterocycles. The minimum atomic E-state index is -0.933. The van der Waals surface area contributed by atoms with Crippen molar-refractivity contribution in [2.45, 2.75) is 5.92 Å². The molecule has 1 aromatic heterocycles. The molecule has 0 unspecified atom stereocenters. The summed E-state index contributed by atoms with van der Waals surface area (Å²) in [5.41, 5.74) is 3.20. The van der Waals surface area contributed by atoms with Crippen molar-refractivity contribution in [3.63, 3.8) is 0 Å². The van der Waals surface area contributed by atoms with Crippen LogP contribution in [0.3, 0.4) is 0 Å². The van der Waals surface area contributed by atoms with E-state index in [0.29, 0.717) is 22.6 Å². The normalized spacial score (nSPS) is 15.8. The van der Waals surface area contributed by atoms with Gasteiger partial charge in [0.25, 0.3) is 5.91 Å². The minimum Gasteiger partial charge on any atom is -0.481 e. The van der Waals surface area contributed by atoms with E-state index in [1.54, 1.807) is 30.3 Å². The summed E-state index contributed by atoms with van der Waals surface area (Å²) >= 11 is 0. The molecule has 4 rings (SSSR count). The molecule has 0 radical (unpaired) electrons. The number of carboxylic acids is 1.